The van der Waals surface area contributed by atoms with Crippen molar-refractivity contribution in [3.8, 4) is 5.82 Å². The maximum Gasteiger partial charge on any atom is 0.175 e. The lowest BCUT2D eigenvalue weighted by atomic mass is 10.3. The number of aryl methyl sites for hydroxylation is 2. The fraction of sp³-hybridized carbons (Fsp3) is 0.444. The Hall–Kier alpha value is -2.74. The summed E-state index contributed by atoms with van der Waals surface area (Å²) in [5.41, 5.74) is 2.18. The van der Waals surface area contributed by atoms with Crippen molar-refractivity contribution in [1.29, 1.82) is 0 Å². The van der Waals surface area contributed by atoms with Crippen LogP contribution in [0.15, 0.2) is 36.8 Å². The summed E-state index contributed by atoms with van der Waals surface area (Å²) < 4.78 is 3.77. The molecule has 136 valence electrons. The molecule has 1 fully saturated rings. The van der Waals surface area contributed by atoms with Crippen LogP contribution in [-0.4, -0.2) is 67.4 Å². The van der Waals surface area contributed by atoms with E-state index in [0.29, 0.717) is 0 Å². The Kier molecular flexibility index (Phi) is 4.66. The number of piperazine rings is 1. The Morgan fingerprint density at radius 1 is 0.923 bits per heavy atom. The predicted octanol–water partition coefficient (Wildman–Crippen LogP) is 1.30. The molecule has 0 aliphatic carbocycles. The van der Waals surface area contributed by atoms with Crippen LogP contribution in [0.2, 0.25) is 0 Å². The van der Waals surface area contributed by atoms with Gasteiger partial charge in [0, 0.05) is 45.1 Å². The number of nitrogens with zero attached hydrogens (tertiary/aromatic N) is 8. The van der Waals surface area contributed by atoms with Gasteiger partial charge in [0.15, 0.2) is 11.6 Å². The second-order valence-corrected chi connectivity index (χ2v) is 6.76. The number of anilines is 1. The Morgan fingerprint density at radius 2 is 1.69 bits per heavy atom. The van der Waals surface area contributed by atoms with Gasteiger partial charge in [0.25, 0.3) is 0 Å². The molecule has 8 nitrogen and oxygen atoms in total. The van der Waals surface area contributed by atoms with E-state index >= 15 is 0 Å². The predicted molar refractivity (Wildman–Crippen MR) is 99.5 cm³/mol. The molecule has 0 aromatic carbocycles. The van der Waals surface area contributed by atoms with E-state index in [9.17, 15) is 0 Å². The topological polar surface area (TPSA) is 67.9 Å². The van der Waals surface area contributed by atoms with Crippen molar-refractivity contribution in [2.45, 2.75) is 20.4 Å². The first-order valence-corrected chi connectivity index (χ1v) is 9.00. The zero-order valence-electron chi connectivity index (χ0n) is 15.3. The molecule has 1 aliphatic rings. The third kappa shape index (κ3) is 3.75. The fourth-order valence-corrected chi connectivity index (χ4v) is 3.19. The third-order valence-corrected chi connectivity index (χ3v) is 4.70. The highest BCUT2D eigenvalue weighted by atomic mass is 15.4. The van der Waals surface area contributed by atoms with Crippen LogP contribution in [0, 0.1) is 13.8 Å². The lowest BCUT2D eigenvalue weighted by Crippen LogP contribution is -2.47. The zero-order chi connectivity index (χ0) is 17.9. The van der Waals surface area contributed by atoms with Gasteiger partial charge in [0.2, 0.25) is 0 Å². The Bertz CT molecular complexity index is 842. The second kappa shape index (κ2) is 7.25. The zero-order valence-corrected chi connectivity index (χ0v) is 15.3. The molecule has 4 rings (SSSR count). The highest BCUT2D eigenvalue weighted by molar-refractivity contribution is 5.40. The quantitative estimate of drug-likeness (QED) is 0.689. The van der Waals surface area contributed by atoms with Crippen LogP contribution in [0.5, 0.6) is 0 Å². The summed E-state index contributed by atoms with van der Waals surface area (Å²) in [5.74, 6) is 1.68. The first-order valence-electron chi connectivity index (χ1n) is 9.00. The molecule has 3 aromatic rings. The van der Waals surface area contributed by atoms with Gasteiger partial charge >= 0.3 is 0 Å². The smallest absolute Gasteiger partial charge is 0.175 e. The van der Waals surface area contributed by atoms with Crippen LogP contribution in [-0.2, 0) is 6.54 Å². The van der Waals surface area contributed by atoms with Gasteiger partial charge in [0.05, 0.1) is 18.4 Å². The molecule has 0 saturated carbocycles. The number of rotatable bonds is 5. The number of hydrogen-bond donors (Lipinski definition) is 0. The van der Waals surface area contributed by atoms with Gasteiger partial charge < -0.3 is 4.90 Å². The Labute approximate surface area is 153 Å². The summed E-state index contributed by atoms with van der Waals surface area (Å²) in [5, 5.41) is 17.4. The molecule has 0 unspecified atom stereocenters. The molecule has 4 heterocycles. The van der Waals surface area contributed by atoms with E-state index in [0.717, 1.165) is 56.6 Å². The average Bonchev–Trinajstić information content (AvgIpc) is 3.29. The minimum absolute atomic E-state index is 0.745. The van der Waals surface area contributed by atoms with Crippen LogP contribution in [0.1, 0.15) is 11.3 Å². The van der Waals surface area contributed by atoms with Gasteiger partial charge in [-0.15, -0.1) is 10.2 Å². The second-order valence-electron chi connectivity index (χ2n) is 6.76. The van der Waals surface area contributed by atoms with E-state index in [4.69, 9.17) is 0 Å². The average molecular weight is 352 g/mol. The standard InChI is InChI=1S/C18H24N8/c1-15-13-19-25(14-15)12-9-23-7-10-24(11-8-23)17-3-4-18(21-20-17)26-6-5-16(2)22-26/h3-6,13-14H,7-12H2,1-2H3. The van der Waals surface area contributed by atoms with Crippen molar-refractivity contribution in [2.75, 3.05) is 37.6 Å². The van der Waals surface area contributed by atoms with E-state index in [1.807, 2.05) is 42.2 Å². The molecule has 0 radical (unpaired) electrons. The van der Waals surface area contributed by atoms with Crippen LogP contribution in [0.25, 0.3) is 5.82 Å². The lowest BCUT2D eigenvalue weighted by Gasteiger charge is -2.35. The van der Waals surface area contributed by atoms with Gasteiger partial charge in [-0.25, -0.2) is 4.68 Å². The van der Waals surface area contributed by atoms with Crippen molar-refractivity contribution in [3.63, 3.8) is 0 Å². The monoisotopic (exact) mass is 352 g/mol. The Morgan fingerprint density at radius 3 is 2.31 bits per heavy atom. The summed E-state index contributed by atoms with van der Waals surface area (Å²) in [6, 6.07) is 5.96. The fourth-order valence-electron chi connectivity index (χ4n) is 3.19. The van der Waals surface area contributed by atoms with Crippen molar-refractivity contribution in [2.24, 2.45) is 0 Å². The first kappa shape index (κ1) is 16.7. The molecule has 26 heavy (non-hydrogen) atoms. The molecule has 3 aromatic heterocycles. The van der Waals surface area contributed by atoms with E-state index in [-0.39, 0.29) is 0 Å². The van der Waals surface area contributed by atoms with Crippen LogP contribution < -0.4 is 4.90 Å². The normalized spacial score (nSPS) is 15.5. The van der Waals surface area contributed by atoms with Gasteiger partial charge in [-0.1, -0.05) is 0 Å². The minimum Gasteiger partial charge on any atom is -0.353 e. The highest BCUT2D eigenvalue weighted by Crippen LogP contribution is 2.14. The first-order chi connectivity index (χ1) is 12.7. The molecular formula is C18H24N8. The number of aromatic nitrogens is 6. The molecule has 1 saturated heterocycles. The van der Waals surface area contributed by atoms with Crippen LogP contribution in [0.3, 0.4) is 0 Å². The van der Waals surface area contributed by atoms with Crippen LogP contribution >= 0.6 is 0 Å². The lowest BCUT2D eigenvalue weighted by molar-refractivity contribution is 0.244. The summed E-state index contributed by atoms with van der Waals surface area (Å²) >= 11 is 0. The van der Waals surface area contributed by atoms with Crippen LogP contribution in [0.4, 0.5) is 5.82 Å². The maximum atomic E-state index is 4.39. The molecule has 0 amide bonds. The van der Waals surface area contributed by atoms with Crippen molar-refractivity contribution < 1.29 is 0 Å². The molecule has 8 heteroatoms. The summed E-state index contributed by atoms with van der Waals surface area (Å²) in [6.07, 6.45) is 5.90. The van der Waals surface area contributed by atoms with Crippen molar-refractivity contribution in [3.05, 3.63) is 48.0 Å². The molecule has 0 bridgehead atoms. The third-order valence-electron chi connectivity index (χ3n) is 4.70. The van der Waals surface area contributed by atoms with E-state index < -0.39 is 0 Å². The SMILES string of the molecule is Cc1cnn(CCN2CCN(c3ccc(-n4ccc(C)n4)nn3)CC2)c1. The summed E-state index contributed by atoms with van der Waals surface area (Å²) in [4.78, 5) is 4.77. The van der Waals surface area contributed by atoms with E-state index in [1.165, 1.54) is 5.56 Å². The Balaban J connectivity index is 1.30. The van der Waals surface area contributed by atoms with E-state index in [2.05, 4.69) is 43.3 Å². The number of hydrogen-bond acceptors (Lipinski definition) is 6. The highest BCUT2D eigenvalue weighted by Gasteiger charge is 2.18. The summed E-state index contributed by atoms with van der Waals surface area (Å²) in [7, 11) is 0. The van der Waals surface area contributed by atoms with E-state index in [1.54, 1.807) is 4.68 Å². The minimum atomic E-state index is 0.745. The molecule has 0 N–H and O–H groups in total. The van der Waals surface area contributed by atoms with Gasteiger partial charge in [-0.2, -0.15) is 10.2 Å². The summed E-state index contributed by atoms with van der Waals surface area (Å²) in [6.45, 7) is 9.99. The van der Waals surface area contributed by atoms with Gasteiger partial charge in [-0.3, -0.25) is 9.58 Å². The van der Waals surface area contributed by atoms with Crippen molar-refractivity contribution >= 4 is 5.82 Å². The van der Waals surface area contributed by atoms with Gasteiger partial charge in [-0.05, 0) is 37.6 Å². The molecular weight excluding hydrogens is 328 g/mol. The molecule has 0 atom stereocenters. The molecule has 0 spiro atoms. The largest absolute Gasteiger partial charge is 0.353 e. The molecule has 1 aliphatic heterocycles. The van der Waals surface area contributed by atoms with Gasteiger partial charge in [0.1, 0.15) is 0 Å². The van der Waals surface area contributed by atoms with Crippen molar-refractivity contribution in [1.82, 2.24) is 34.7 Å². The maximum absolute atomic E-state index is 4.39.